The quantitative estimate of drug-likeness (QED) is 0.483. The molecule has 1 heterocycles. The third kappa shape index (κ3) is 2.99. The predicted octanol–water partition coefficient (Wildman–Crippen LogP) is 3.39. The molecule has 0 saturated carbocycles. The second-order valence-corrected chi connectivity index (χ2v) is 4.94. The molecule has 0 unspecified atom stereocenters. The van der Waals surface area contributed by atoms with Gasteiger partial charge in [0.1, 0.15) is 0 Å². The summed E-state index contributed by atoms with van der Waals surface area (Å²) in [5, 5.41) is 0. The minimum Gasteiger partial charge on any atom is -0.472 e. The van der Waals surface area contributed by atoms with E-state index in [4.69, 9.17) is 4.74 Å². The molecule has 1 aromatic rings. The lowest BCUT2D eigenvalue weighted by atomic mass is 10.2. The lowest BCUT2D eigenvalue weighted by molar-refractivity contribution is -0.135. The number of para-hydroxylation sites is 1. The van der Waals surface area contributed by atoms with Crippen molar-refractivity contribution in [2.75, 3.05) is 12.0 Å². The Balaban J connectivity index is 2.28. The summed E-state index contributed by atoms with van der Waals surface area (Å²) in [6.45, 7) is 8.01. The maximum atomic E-state index is 11.1. The molecule has 0 saturated heterocycles. The van der Waals surface area contributed by atoms with Gasteiger partial charge in [-0.1, -0.05) is 24.8 Å². The Morgan fingerprint density at radius 2 is 2.00 bits per heavy atom. The molecule has 0 N–H and O–H groups in total. The molecule has 0 spiro atoms. The molecule has 4 heteroatoms. The van der Waals surface area contributed by atoms with Gasteiger partial charge in [-0.3, -0.25) is 0 Å². The Hall–Kier alpha value is -2.49. The van der Waals surface area contributed by atoms with Crippen molar-refractivity contribution in [3.63, 3.8) is 0 Å². The van der Waals surface area contributed by atoms with Crippen LogP contribution in [-0.2, 0) is 14.3 Å². The van der Waals surface area contributed by atoms with Gasteiger partial charge in [-0.05, 0) is 37.6 Å². The van der Waals surface area contributed by atoms with Gasteiger partial charge in [0.2, 0.25) is 5.72 Å². The van der Waals surface area contributed by atoms with E-state index < -0.39 is 11.7 Å². The summed E-state index contributed by atoms with van der Waals surface area (Å²) in [7, 11) is 1.33. The number of rotatable bonds is 4. The van der Waals surface area contributed by atoms with Crippen LogP contribution in [0, 0.1) is 0 Å². The fourth-order valence-electron chi connectivity index (χ4n) is 2.37. The highest BCUT2D eigenvalue weighted by molar-refractivity contribution is 5.81. The molecule has 2 rings (SSSR count). The van der Waals surface area contributed by atoms with Gasteiger partial charge in [-0.15, -0.1) is 0 Å². The average molecular weight is 285 g/mol. The summed E-state index contributed by atoms with van der Waals surface area (Å²) < 4.78 is 10.3. The highest BCUT2D eigenvalue weighted by atomic mass is 16.5. The number of nitrogens with zero attached hydrogens (tertiary/aromatic N) is 1. The molecule has 21 heavy (non-hydrogen) atoms. The van der Waals surface area contributed by atoms with E-state index in [0.29, 0.717) is 0 Å². The summed E-state index contributed by atoms with van der Waals surface area (Å²) in [5.74, 6) is -0.456. The number of carbonyl (C=O) groups is 1. The molecule has 0 aliphatic carbocycles. The molecule has 0 radical (unpaired) electrons. The van der Waals surface area contributed by atoms with Crippen LogP contribution in [0.2, 0.25) is 0 Å². The maximum Gasteiger partial charge on any atom is 0.333 e. The van der Waals surface area contributed by atoms with E-state index >= 15 is 0 Å². The topological polar surface area (TPSA) is 38.8 Å². The Kier molecular flexibility index (Phi) is 4.17. The van der Waals surface area contributed by atoms with Gasteiger partial charge < -0.3 is 14.4 Å². The molecule has 1 aromatic carbocycles. The first-order chi connectivity index (χ1) is 9.98. The van der Waals surface area contributed by atoms with E-state index in [9.17, 15) is 4.79 Å². The molecule has 4 nitrogen and oxygen atoms in total. The van der Waals surface area contributed by atoms with E-state index in [1.54, 1.807) is 0 Å². The molecular formula is C17H19NO3. The van der Waals surface area contributed by atoms with Crippen LogP contribution in [0.25, 0.3) is 0 Å². The Morgan fingerprint density at radius 1 is 1.33 bits per heavy atom. The predicted molar refractivity (Wildman–Crippen MR) is 82.5 cm³/mol. The number of esters is 1. The zero-order chi connectivity index (χ0) is 15.5. The highest BCUT2D eigenvalue weighted by Crippen LogP contribution is 2.39. The first-order valence-corrected chi connectivity index (χ1v) is 6.64. The minimum absolute atomic E-state index is 0.456. The molecular weight excluding hydrogens is 266 g/mol. The van der Waals surface area contributed by atoms with Crippen LogP contribution >= 0.6 is 0 Å². The largest absolute Gasteiger partial charge is 0.472 e. The van der Waals surface area contributed by atoms with Crippen molar-refractivity contribution in [1.82, 2.24) is 0 Å². The normalized spacial score (nSPS) is 21.6. The first kappa shape index (κ1) is 14.9. The Labute approximate surface area is 125 Å². The average Bonchev–Trinajstić information content (AvgIpc) is 2.69. The molecule has 0 amide bonds. The molecule has 0 bridgehead atoms. The van der Waals surface area contributed by atoms with Gasteiger partial charge in [0.15, 0.2) is 0 Å². The van der Waals surface area contributed by atoms with Crippen molar-refractivity contribution in [3.05, 3.63) is 66.6 Å². The number of carbonyl (C=O) groups excluding carboxylic acids is 1. The van der Waals surface area contributed by atoms with Crippen LogP contribution < -0.4 is 4.90 Å². The van der Waals surface area contributed by atoms with Gasteiger partial charge >= 0.3 is 5.97 Å². The van der Waals surface area contributed by atoms with Crippen molar-refractivity contribution in [2.45, 2.75) is 19.6 Å². The van der Waals surface area contributed by atoms with Crippen molar-refractivity contribution in [1.29, 1.82) is 0 Å². The van der Waals surface area contributed by atoms with Crippen LogP contribution in [-0.4, -0.2) is 18.8 Å². The van der Waals surface area contributed by atoms with E-state index in [0.717, 1.165) is 17.0 Å². The lowest BCUT2D eigenvalue weighted by Crippen LogP contribution is -2.41. The van der Waals surface area contributed by atoms with Crippen molar-refractivity contribution in [2.24, 2.45) is 0 Å². The third-order valence-corrected chi connectivity index (χ3v) is 3.38. The second-order valence-electron chi connectivity index (χ2n) is 4.94. The number of anilines is 1. The van der Waals surface area contributed by atoms with Crippen LogP contribution in [0.15, 0.2) is 66.6 Å². The lowest BCUT2D eigenvalue weighted by Gasteiger charge is -2.36. The number of benzene rings is 1. The van der Waals surface area contributed by atoms with Gasteiger partial charge in [-0.2, -0.15) is 0 Å². The zero-order valence-corrected chi connectivity index (χ0v) is 12.5. The van der Waals surface area contributed by atoms with Crippen molar-refractivity contribution < 1.29 is 14.3 Å². The molecule has 0 aromatic heterocycles. The second kappa shape index (κ2) is 5.87. The Bertz CT molecular complexity index is 604. The van der Waals surface area contributed by atoms with Crippen molar-refractivity contribution in [3.8, 4) is 0 Å². The molecule has 1 aliphatic heterocycles. The molecule has 1 aliphatic rings. The van der Waals surface area contributed by atoms with Crippen LogP contribution in [0.1, 0.15) is 13.8 Å². The maximum absolute atomic E-state index is 11.1. The summed E-state index contributed by atoms with van der Waals surface area (Å²) >= 11 is 0. The first-order valence-electron chi connectivity index (χ1n) is 6.64. The minimum atomic E-state index is -0.729. The summed E-state index contributed by atoms with van der Waals surface area (Å²) in [6, 6.07) is 9.85. The molecule has 110 valence electrons. The number of allylic oxidation sites excluding steroid dienone is 1. The zero-order valence-electron chi connectivity index (χ0n) is 12.5. The number of hydrogen-bond acceptors (Lipinski definition) is 4. The number of hydrogen-bond donors (Lipinski definition) is 0. The summed E-state index contributed by atoms with van der Waals surface area (Å²) in [4.78, 5) is 13.1. The monoisotopic (exact) mass is 285 g/mol. The van der Waals surface area contributed by atoms with Crippen LogP contribution in [0.4, 0.5) is 5.69 Å². The fraction of sp³-hybridized carbons (Fsp3) is 0.235. The molecule has 0 fully saturated rings. The van der Waals surface area contributed by atoms with E-state index in [2.05, 4.69) is 11.3 Å². The number of methoxy groups -OCH3 is 1. The van der Waals surface area contributed by atoms with Crippen LogP contribution in [0.3, 0.4) is 0 Å². The van der Waals surface area contributed by atoms with E-state index in [-0.39, 0.29) is 0 Å². The van der Waals surface area contributed by atoms with Crippen molar-refractivity contribution >= 4 is 11.7 Å². The smallest absolute Gasteiger partial charge is 0.333 e. The van der Waals surface area contributed by atoms with Gasteiger partial charge in [0.25, 0.3) is 0 Å². The summed E-state index contributed by atoms with van der Waals surface area (Å²) in [6.07, 6.45) is 4.58. The van der Waals surface area contributed by atoms with E-state index in [1.807, 2.05) is 55.2 Å². The van der Waals surface area contributed by atoms with Gasteiger partial charge in [0, 0.05) is 11.4 Å². The number of ether oxygens (including phenoxy) is 2. The SMILES string of the molecule is C=C1C(C)=C[C@](C)(O/C=C/C(=O)OC)N1c1ccccc1. The van der Waals surface area contributed by atoms with E-state index in [1.165, 1.54) is 19.4 Å². The fourth-order valence-corrected chi connectivity index (χ4v) is 2.37. The Morgan fingerprint density at radius 3 is 2.62 bits per heavy atom. The summed E-state index contributed by atoms with van der Waals surface area (Å²) in [5.41, 5.74) is 2.15. The highest BCUT2D eigenvalue weighted by Gasteiger charge is 2.39. The molecule has 1 atom stereocenters. The van der Waals surface area contributed by atoms with Gasteiger partial charge in [0.05, 0.1) is 19.4 Å². The van der Waals surface area contributed by atoms with Crippen LogP contribution in [0.5, 0.6) is 0 Å². The third-order valence-electron chi connectivity index (χ3n) is 3.38. The standard InChI is InChI=1S/C17H19NO3/c1-13-12-17(3,21-11-10-16(19)20-4)18(14(13)2)15-8-6-5-7-9-15/h5-12H,2H2,1,3-4H3/b11-10+/t17-/m0/s1. The van der Waals surface area contributed by atoms with Gasteiger partial charge in [-0.25, -0.2) is 4.79 Å².